The molecule has 4 fully saturated rings. The molecule has 26 heavy (non-hydrogen) atoms. The molecule has 0 spiro atoms. The number of rotatable bonds is 6. The third-order valence-corrected chi connectivity index (χ3v) is 6.70. The van der Waals surface area contributed by atoms with E-state index in [1.165, 1.54) is 25.7 Å². The maximum absolute atomic E-state index is 13.4. The van der Waals surface area contributed by atoms with Crippen molar-refractivity contribution in [1.29, 1.82) is 0 Å². The molecule has 0 bridgehead atoms. The largest absolute Gasteiger partial charge is 0.355 e. The second-order valence-corrected chi connectivity index (χ2v) is 8.81. The molecular formula is C20H29N5O. The van der Waals surface area contributed by atoms with Crippen LogP contribution in [0.1, 0.15) is 38.5 Å². The molecule has 140 valence electrons. The van der Waals surface area contributed by atoms with Gasteiger partial charge in [0, 0.05) is 45.1 Å². The summed E-state index contributed by atoms with van der Waals surface area (Å²) in [6.07, 6.45) is 10.9. The van der Waals surface area contributed by atoms with Crippen molar-refractivity contribution in [2.75, 3.05) is 37.6 Å². The monoisotopic (exact) mass is 355 g/mol. The Morgan fingerprint density at radius 3 is 2.69 bits per heavy atom. The number of carbonyl (C=O) groups is 1. The first-order valence-electron chi connectivity index (χ1n) is 10.3. The lowest BCUT2D eigenvalue weighted by Gasteiger charge is -2.44. The topological polar surface area (TPSA) is 61.4 Å². The number of fused-ring (bicyclic) bond motifs is 1. The number of aromatic nitrogens is 2. The van der Waals surface area contributed by atoms with E-state index in [1.54, 1.807) is 0 Å². The molecule has 2 saturated heterocycles. The van der Waals surface area contributed by atoms with E-state index in [2.05, 4.69) is 25.1 Å². The number of anilines is 1. The number of nitrogens with one attached hydrogen (secondary N) is 1. The Kier molecular flexibility index (Phi) is 4.11. The van der Waals surface area contributed by atoms with Crippen LogP contribution in [0.5, 0.6) is 0 Å². The average Bonchev–Trinajstić information content (AvgIpc) is 3.58. The van der Waals surface area contributed by atoms with Gasteiger partial charge in [0.25, 0.3) is 0 Å². The van der Waals surface area contributed by atoms with Gasteiger partial charge in [-0.15, -0.1) is 0 Å². The van der Waals surface area contributed by atoms with Crippen LogP contribution in [0.4, 0.5) is 5.95 Å². The Hall–Kier alpha value is -1.69. The summed E-state index contributed by atoms with van der Waals surface area (Å²) in [5.74, 6) is 2.62. The molecule has 0 aromatic carbocycles. The molecule has 6 heteroatoms. The van der Waals surface area contributed by atoms with E-state index in [0.717, 1.165) is 63.3 Å². The number of hydrogen-bond acceptors (Lipinski definition) is 5. The summed E-state index contributed by atoms with van der Waals surface area (Å²) in [6, 6.07) is 2.05. The molecule has 1 aromatic heterocycles. The first-order chi connectivity index (χ1) is 12.7. The average molecular weight is 355 g/mol. The quantitative estimate of drug-likeness (QED) is 0.841. The molecular weight excluding hydrogens is 326 g/mol. The zero-order valence-electron chi connectivity index (χ0n) is 15.4. The minimum atomic E-state index is -0.304. The predicted molar refractivity (Wildman–Crippen MR) is 99.7 cm³/mol. The van der Waals surface area contributed by atoms with E-state index >= 15 is 0 Å². The maximum Gasteiger partial charge on any atom is 0.229 e. The van der Waals surface area contributed by atoms with Crippen LogP contribution in [0, 0.1) is 17.3 Å². The molecule has 2 saturated carbocycles. The van der Waals surface area contributed by atoms with Gasteiger partial charge < -0.3 is 10.2 Å². The first-order valence-corrected chi connectivity index (χ1v) is 10.3. The first kappa shape index (κ1) is 16.5. The summed E-state index contributed by atoms with van der Waals surface area (Å²) in [5.41, 5.74) is -0.304. The van der Waals surface area contributed by atoms with Crippen LogP contribution in [-0.2, 0) is 4.79 Å². The second-order valence-electron chi connectivity index (χ2n) is 8.81. The molecule has 2 atom stereocenters. The summed E-state index contributed by atoms with van der Waals surface area (Å²) in [4.78, 5) is 27.2. The highest BCUT2D eigenvalue weighted by atomic mass is 16.2. The van der Waals surface area contributed by atoms with Gasteiger partial charge in [-0.1, -0.05) is 0 Å². The zero-order chi connectivity index (χ0) is 17.6. The SMILES string of the molecule is O=C(NCC1CC1)[C@@]12CCCN(c3ncccn3)[C@@H]1CN(CC1CC1)C2. The van der Waals surface area contributed by atoms with Crippen LogP contribution < -0.4 is 10.2 Å². The van der Waals surface area contributed by atoms with Crippen molar-refractivity contribution in [2.24, 2.45) is 17.3 Å². The predicted octanol–water partition coefficient (Wildman–Crippen LogP) is 1.68. The van der Waals surface area contributed by atoms with E-state index < -0.39 is 0 Å². The summed E-state index contributed by atoms with van der Waals surface area (Å²) in [6.45, 7) is 4.82. The van der Waals surface area contributed by atoms with Gasteiger partial charge >= 0.3 is 0 Å². The van der Waals surface area contributed by atoms with Crippen LogP contribution in [0.3, 0.4) is 0 Å². The van der Waals surface area contributed by atoms with E-state index in [9.17, 15) is 4.79 Å². The number of likely N-dealkylation sites (tertiary alicyclic amines) is 1. The van der Waals surface area contributed by atoms with Crippen molar-refractivity contribution in [3.63, 3.8) is 0 Å². The van der Waals surface area contributed by atoms with Gasteiger partial charge in [-0.3, -0.25) is 9.69 Å². The third-order valence-electron chi connectivity index (χ3n) is 6.70. The Morgan fingerprint density at radius 2 is 1.96 bits per heavy atom. The normalized spacial score (nSPS) is 31.7. The number of nitrogens with zero attached hydrogens (tertiary/aromatic N) is 4. The lowest BCUT2D eigenvalue weighted by Crippen LogP contribution is -2.59. The van der Waals surface area contributed by atoms with Crippen LogP contribution >= 0.6 is 0 Å². The minimum absolute atomic E-state index is 0.191. The number of hydrogen-bond donors (Lipinski definition) is 1. The Morgan fingerprint density at radius 1 is 1.19 bits per heavy atom. The summed E-state index contributed by atoms with van der Waals surface area (Å²) >= 11 is 0. The van der Waals surface area contributed by atoms with Crippen molar-refractivity contribution in [3.05, 3.63) is 18.5 Å². The molecule has 4 aliphatic rings. The van der Waals surface area contributed by atoms with Crippen molar-refractivity contribution in [2.45, 2.75) is 44.6 Å². The highest BCUT2D eigenvalue weighted by molar-refractivity contribution is 5.85. The smallest absolute Gasteiger partial charge is 0.229 e. The van der Waals surface area contributed by atoms with Gasteiger partial charge in [-0.2, -0.15) is 0 Å². The fourth-order valence-electron chi connectivity index (χ4n) is 4.91. The molecule has 0 unspecified atom stereocenters. The van der Waals surface area contributed by atoms with Crippen LogP contribution in [-0.4, -0.2) is 59.5 Å². The fraction of sp³-hybridized carbons (Fsp3) is 0.750. The molecule has 0 radical (unpaired) electrons. The maximum atomic E-state index is 13.4. The summed E-state index contributed by atoms with van der Waals surface area (Å²) in [5, 5.41) is 3.30. The number of carbonyl (C=O) groups excluding carboxylic acids is 1. The van der Waals surface area contributed by atoms with Gasteiger partial charge in [-0.05, 0) is 56.4 Å². The van der Waals surface area contributed by atoms with Crippen molar-refractivity contribution >= 4 is 11.9 Å². The molecule has 1 amide bonds. The number of piperidine rings is 1. The van der Waals surface area contributed by atoms with Crippen LogP contribution in [0.15, 0.2) is 18.5 Å². The highest BCUT2D eigenvalue weighted by Gasteiger charge is 2.56. The summed E-state index contributed by atoms with van der Waals surface area (Å²) in [7, 11) is 0. The van der Waals surface area contributed by atoms with Crippen LogP contribution in [0.25, 0.3) is 0 Å². The Balaban J connectivity index is 1.41. The molecule has 1 N–H and O–H groups in total. The minimum Gasteiger partial charge on any atom is -0.355 e. The van der Waals surface area contributed by atoms with Crippen LogP contribution in [0.2, 0.25) is 0 Å². The number of amides is 1. The van der Waals surface area contributed by atoms with E-state index in [0.29, 0.717) is 0 Å². The second kappa shape index (κ2) is 6.48. The van der Waals surface area contributed by atoms with Gasteiger partial charge in [0.05, 0.1) is 11.5 Å². The molecule has 5 rings (SSSR count). The summed E-state index contributed by atoms with van der Waals surface area (Å²) < 4.78 is 0. The van der Waals surface area contributed by atoms with Crippen molar-refractivity contribution in [1.82, 2.24) is 20.2 Å². The van der Waals surface area contributed by atoms with Gasteiger partial charge in [0.1, 0.15) is 0 Å². The molecule has 2 aliphatic heterocycles. The molecule has 1 aromatic rings. The van der Waals surface area contributed by atoms with Crippen molar-refractivity contribution in [3.8, 4) is 0 Å². The highest BCUT2D eigenvalue weighted by Crippen LogP contribution is 2.44. The molecule has 2 aliphatic carbocycles. The van der Waals surface area contributed by atoms with Gasteiger partial charge in [0.2, 0.25) is 11.9 Å². The van der Waals surface area contributed by atoms with E-state index in [4.69, 9.17) is 0 Å². The van der Waals surface area contributed by atoms with Gasteiger partial charge in [-0.25, -0.2) is 9.97 Å². The fourth-order valence-corrected chi connectivity index (χ4v) is 4.91. The van der Waals surface area contributed by atoms with E-state index in [-0.39, 0.29) is 17.4 Å². The third kappa shape index (κ3) is 3.08. The molecule has 6 nitrogen and oxygen atoms in total. The van der Waals surface area contributed by atoms with Crippen molar-refractivity contribution < 1.29 is 4.79 Å². The molecule has 3 heterocycles. The Labute approximate surface area is 155 Å². The van der Waals surface area contributed by atoms with E-state index in [1.807, 2.05) is 18.5 Å². The Bertz CT molecular complexity index is 659. The zero-order valence-corrected chi connectivity index (χ0v) is 15.4. The standard InChI is InChI=1S/C20H29N5O/c26-18(23-11-15-3-4-15)20-7-1-10-25(19-21-8-2-9-22-19)17(20)13-24(14-20)12-16-5-6-16/h2,8-9,15-17H,1,3-7,10-14H2,(H,23,26)/t17-,20-/m1/s1. The lowest BCUT2D eigenvalue weighted by atomic mass is 9.74. The van der Waals surface area contributed by atoms with Gasteiger partial charge in [0.15, 0.2) is 0 Å². The lowest BCUT2D eigenvalue weighted by molar-refractivity contribution is -0.132.